The Morgan fingerprint density at radius 1 is 0.493 bits per heavy atom. The van der Waals surface area contributed by atoms with E-state index in [1.165, 1.54) is 18.2 Å². The van der Waals surface area contributed by atoms with Crippen LogP contribution in [0.15, 0.2) is 182 Å². The zero-order chi connectivity index (χ0) is 50.6. The summed E-state index contributed by atoms with van der Waals surface area (Å²) in [6.45, 7) is 16.1. The molecule has 0 fully saturated rings. The van der Waals surface area contributed by atoms with E-state index in [1.807, 2.05) is 67.5 Å². The summed E-state index contributed by atoms with van der Waals surface area (Å²) in [6, 6.07) is 34.0. The van der Waals surface area contributed by atoms with Crippen LogP contribution in [-0.2, 0) is 26.4 Å². The predicted octanol–water partition coefficient (Wildman–Crippen LogP) is 13.5. The molecular weight excluding hydrogens is 916 g/mol. The summed E-state index contributed by atoms with van der Waals surface area (Å²) in [7, 11) is 3.87. The highest BCUT2D eigenvalue weighted by Crippen LogP contribution is 2.35. The summed E-state index contributed by atoms with van der Waals surface area (Å²) < 4.78 is 88.8. The van der Waals surface area contributed by atoms with Crippen LogP contribution in [0.4, 0.5) is 30.2 Å². The Kier molecular flexibility index (Phi) is 18.9. The maximum Gasteiger partial charge on any atom is 0.455 e. The third-order valence-electron chi connectivity index (χ3n) is 9.94. The number of carbonyl (C=O) groups excluding carboxylic acids is 1. The van der Waals surface area contributed by atoms with Crippen LogP contribution < -0.4 is 42.8 Å². The van der Waals surface area contributed by atoms with Crippen molar-refractivity contribution in [1.29, 1.82) is 0 Å². The van der Waals surface area contributed by atoms with Crippen LogP contribution >= 0.6 is 0 Å². The molecule has 0 N–H and O–H groups in total. The molecule has 0 aliphatic rings. The molecule has 6 rings (SSSR count). The first kappa shape index (κ1) is 51.9. The molecule has 6 aromatic carbocycles. The van der Waals surface area contributed by atoms with E-state index < -0.39 is 17.5 Å². The number of ether oxygens (including phenoxy) is 8. The quantitative estimate of drug-likeness (QED) is 0.0267. The number of hydrogen-bond donors (Lipinski definition) is 0. The Morgan fingerprint density at radius 3 is 1.37 bits per heavy atom. The lowest BCUT2D eigenvalue weighted by Crippen LogP contribution is -2.23. The molecule has 0 saturated carbocycles. The van der Waals surface area contributed by atoms with Gasteiger partial charge in [0.1, 0.15) is 105 Å². The molecule has 368 valence electrons. The Balaban J connectivity index is 1.32. The molecule has 0 saturated heterocycles. The molecule has 0 bridgehead atoms. The molecule has 0 atom stereocenters. The van der Waals surface area contributed by atoms with Crippen molar-refractivity contribution in [2.24, 2.45) is 10.2 Å². The third-order valence-corrected chi connectivity index (χ3v) is 9.94. The Bertz CT molecular complexity index is 2660. The summed E-state index contributed by atoms with van der Waals surface area (Å²) in [4.78, 5) is 14.2. The molecule has 12 nitrogen and oxygen atoms in total. The highest BCUT2D eigenvalue weighted by molar-refractivity contribution is 6.02. The maximum absolute atomic E-state index is 13.5. The molecule has 0 spiro atoms. The summed E-state index contributed by atoms with van der Waals surface area (Å²) in [5.74, 6) is 1.20. The summed E-state index contributed by atoms with van der Waals surface area (Å²) in [5.41, 5.74) is 3.97. The average molecular weight is 970 g/mol. The fourth-order valence-corrected chi connectivity index (χ4v) is 6.63. The highest BCUT2D eigenvalue weighted by atomic mass is 19.4. The van der Waals surface area contributed by atoms with Crippen LogP contribution in [0, 0.1) is 0 Å². The number of para-hydroxylation sites is 1. The zero-order valence-corrected chi connectivity index (χ0v) is 39.5. The minimum atomic E-state index is -5.09. The monoisotopic (exact) mass is 969 g/mol. The minimum absolute atomic E-state index is 0.0321. The van der Waals surface area contributed by atoms with E-state index in [0.29, 0.717) is 83.4 Å². The average Bonchev–Trinajstić information content (AvgIpc) is 3.37. The van der Waals surface area contributed by atoms with E-state index >= 15 is 0 Å². The van der Waals surface area contributed by atoms with Crippen molar-refractivity contribution in [2.75, 3.05) is 45.4 Å². The van der Waals surface area contributed by atoms with Crippen molar-refractivity contribution in [3.8, 4) is 46.0 Å². The fraction of sp³-hybridized carbons (Fsp3) is 0.196. The normalized spacial score (nSPS) is 11.0. The van der Waals surface area contributed by atoms with Gasteiger partial charge in [-0.2, -0.15) is 18.3 Å². The van der Waals surface area contributed by atoms with Crippen molar-refractivity contribution in [2.45, 2.75) is 32.6 Å². The second-order valence-electron chi connectivity index (χ2n) is 15.7. The lowest BCUT2D eigenvalue weighted by atomic mass is 10.1. The molecule has 0 aliphatic carbocycles. The van der Waals surface area contributed by atoms with Gasteiger partial charge in [0.25, 0.3) is 5.78 Å². The van der Waals surface area contributed by atoms with Gasteiger partial charge < -0.3 is 42.8 Å². The largest absolute Gasteiger partial charge is 0.489 e. The topological polar surface area (TPSA) is 119 Å². The smallest absolute Gasteiger partial charge is 0.455 e. The predicted molar refractivity (Wildman–Crippen MR) is 268 cm³/mol. The summed E-state index contributed by atoms with van der Waals surface area (Å²) in [5, 5.41) is 8.97. The van der Waals surface area contributed by atoms with Crippen molar-refractivity contribution < 1.29 is 55.9 Å². The van der Waals surface area contributed by atoms with Crippen LogP contribution in [0.2, 0.25) is 0 Å². The molecule has 0 amide bonds. The van der Waals surface area contributed by atoms with Gasteiger partial charge in [0.05, 0.1) is 11.3 Å². The van der Waals surface area contributed by atoms with Crippen LogP contribution in [0.1, 0.15) is 32.6 Å². The number of anilines is 1. The number of azo groups is 1. The van der Waals surface area contributed by atoms with Gasteiger partial charge in [0, 0.05) is 38.0 Å². The molecule has 6 aromatic rings. The summed E-state index contributed by atoms with van der Waals surface area (Å²) >= 11 is 0. The van der Waals surface area contributed by atoms with Crippen LogP contribution in [0.3, 0.4) is 0 Å². The fourth-order valence-electron chi connectivity index (χ4n) is 6.63. The second kappa shape index (κ2) is 25.8. The maximum atomic E-state index is 13.5. The van der Waals surface area contributed by atoms with E-state index in [9.17, 15) is 18.0 Å². The first-order chi connectivity index (χ1) is 34.3. The van der Waals surface area contributed by atoms with Gasteiger partial charge in [-0.15, -0.1) is 5.11 Å². The third kappa shape index (κ3) is 16.1. The number of hydrogen-bond acceptors (Lipinski definition) is 12. The van der Waals surface area contributed by atoms with Gasteiger partial charge in [-0.25, -0.2) is 0 Å². The van der Waals surface area contributed by atoms with Crippen LogP contribution in [0.5, 0.6) is 46.0 Å². The highest BCUT2D eigenvalue weighted by Gasteiger charge is 2.40. The van der Waals surface area contributed by atoms with Gasteiger partial charge in [-0.1, -0.05) is 68.8 Å². The lowest BCUT2D eigenvalue weighted by Gasteiger charge is -2.16. The SMILES string of the molecule is C=CCOc1cc(COc2cc(COc3cc(COc4ccccc4C(=O)C(F)(F)F)ccc3N=Nc3ccc(N(C)C)cc3)cc(OCc3cc(OCC=C)cc(OCC=C)c3)c2)cc(OCC=C)c1. The van der Waals surface area contributed by atoms with Crippen molar-refractivity contribution in [1.82, 2.24) is 0 Å². The Hall–Kier alpha value is -8.46. The van der Waals surface area contributed by atoms with Gasteiger partial charge in [0.2, 0.25) is 0 Å². The van der Waals surface area contributed by atoms with Crippen molar-refractivity contribution >= 4 is 22.8 Å². The summed E-state index contributed by atoms with van der Waals surface area (Å²) in [6.07, 6.45) is 1.50. The standard InChI is InChI=1S/C56H54F3N3O9/c1-7-21-64-45-25-40(26-46(32-45)65-22-8-2)36-68-49-29-42(30-50(34-49)69-37-41-27-47(66-23-9-3)33-48(28-41)67-24-10-4)38-71-54-31-39(35-70-53-14-12-11-13-51(53)55(63)56(57,58)59)15-20-52(54)61-60-43-16-18-44(19-17-43)62(5)6/h7-20,25-34H,1-4,21-24,35-38H2,5-6H3. The number of Topliss-reactive ketones (excluding diaryl/α,β-unsaturated/α-hetero) is 1. The van der Waals surface area contributed by atoms with E-state index in [-0.39, 0.29) is 37.9 Å². The number of alkyl halides is 3. The van der Waals surface area contributed by atoms with Gasteiger partial charge in [-0.3, -0.25) is 4.79 Å². The van der Waals surface area contributed by atoms with Gasteiger partial charge in [-0.05, 0) is 107 Å². The molecule has 15 heteroatoms. The van der Waals surface area contributed by atoms with E-state index in [2.05, 4.69) is 36.5 Å². The number of nitrogens with zero attached hydrogens (tertiary/aromatic N) is 3. The van der Waals surface area contributed by atoms with E-state index in [1.54, 1.807) is 72.8 Å². The minimum Gasteiger partial charge on any atom is -0.489 e. The van der Waals surface area contributed by atoms with Gasteiger partial charge >= 0.3 is 6.18 Å². The van der Waals surface area contributed by atoms with Crippen LogP contribution in [-0.4, -0.2) is 52.5 Å². The number of rotatable bonds is 28. The molecule has 0 aromatic heterocycles. The Morgan fingerprint density at radius 2 is 0.915 bits per heavy atom. The second-order valence-corrected chi connectivity index (χ2v) is 15.7. The first-order valence-corrected chi connectivity index (χ1v) is 22.2. The molecular formula is C56H54F3N3O9. The lowest BCUT2D eigenvalue weighted by molar-refractivity contribution is -0.0886. The van der Waals surface area contributed by atoms with Gasteiger partial charge in [0.15, 0.2) is 0 Å². The van der Waals surface area contributed by atoms with Crippen molar-refractivity contribution in [3.63, 3.8) is 0 Å². The number of benzene rings is 6. The molecule has 0 heterocycles. The first-order valence-electron chi connectivity index (χ1n) is 22.2. The number of halogens is 3. The molecule has 71 heavy (non-hydrogen) atoms. The zero-order valence-electron chi connectivity index (χ0n) is 39.5. The number of ketones is 1. The Labute approximate surface area is 411 Å². The van der Waals surface area contributed by atoms with E-state index in [0.717, 1.165) is 22.9 Å². The number of carbonyl (C=O) groups is 1. The van der Waals surface area contributed by atoms with E-state index in [4.69, 9.17) is 37.9 Å². The molecule has 0 unspecified atom stereocenters. The molecule has 0 radical (unpaired) electrons. The molecule has 0 aliphatic heterocycles. The van der Waals surface area contributed by atoms with Crippen molar-refractivity contribution in [3.05, 3.63) is 200 Å². The van der Waals surface area contributed by atoms with Crippen LogP contribution in [0.25, 0.3) is 0 Å².